The summed E-state index contributed by atoms with van der Waals surface area (Å²) >= 11 is 0. The van der Waals surface area contributed by atoms with Crippen LogP contribution in [0.5, 0.6) is 0 Å². The van der Waals surface area contributed by atoms with Crippen molar-refractivity contribution in [2.75, 3.05) is 26.2 Å². The Morgan fingerprint density at radius 2 is 1.94 bits per heavy atom. The molecule has 0 radical (unpaired) electrons. The third kappa shape index (κ3) is 5.86. The number of likely N-dealkylation sites (tertiary alicyclic amines) is 1. The fourth-order valence-electron chi connectivity index (χ4n) is 2.32. The topological polar surface area (TPSA) is 15.3 Å². The third-order valence-corrected chi connectivity index (χ3v) is 3.57. The lowest BCUT2D eigenvalue weighted by Gasteiger charge is -2.32. The zero-order chi connectivity index (χ0) is 11.8. The third-order valence-electron chi connectivity index (χ3n) is 3.57. The van der Waals surface area contributed by atoms with Crippen LogP contribution in [0.4, 0.5) is 0 Å². The summed E-state index contributed by atoms with van der Waals surface area (Å²) in [5.74, 6) is 0.831. The molecule has 0 atom stereocenters. The molecule has 96 valence electrons. The number of piperidine rings is 1. The first-order valence-electron chi connectivity index (χ1n) is 7.18. The predicted octanol–water partition coefficient (Wildman–Crippen LogP) is 2.89. The van der Waals surface area contributed by atoms with Gasteiger partial charge in [-0.1, -0.05) is 27.2 Å². The summed E-state index contributed by atoms with van der Waals surface area (Å²) in [6.45, 7) is 12.0. The molecule has 1 rings (SSSR count). The first-order valence-corrected chi connectivity index (χ1v) is 7.18. The molecule has 1 aliphatic rings. The van der Waals surface area contributed by atoms with Crippen molar-refractivity contribution in [1.29, 1.82) is 0 Å². The van der Waals surface area contributed by atoms with Crippen LogP contribution in [0.2, 0.25) is 0 Å². The van der Waals surface area contributed by atoms with Gasteiger partial charge in [-0.3, -0.25) is 0 Å². The van der Waals surface area contributed by atoms with E-state index in [1.807, 2.05) is 0 Å². The number of hydrogen-bond acceptors (Lipinski definition) is 2. The van der Waals surface area contributed by atoms with Crippen molar-refractivity contribution in [3.63, 3.8) is 0 Å². The largest absolute Gasteiger partial charge is 0.314 e. The monoisotopic (exact) mass is 226 g/mol. The molecule has 0 unspecified atom stereocenters. The standard InChI is InChI=1S/C14H30N2/c1-4-5-10-16-11-7-14(8-12-16)15-9-6-13(2)3/h13-15H,4-12H2,1-3H3. The molecule has 1 aliphatic heterocycles. The van der Waals surface area contributed by atoms with Crippen molar-refractivity contribution < 1.29 is 0 Å². The molecule has 1 fully saturated rings. The molecule has 1 N–H and O–H groups in total. The fraction of sp³-hybridized carbons (Fsp3) is 1.00. The van der Waals surface area contributed by atoms with Crippen LogP contribution >= 0.6 is 0 Å². The van der Waals surface area contributed by atoms with Crippen molar-refractivity contribution in [3.05, 3.63) is 0 Å². The summed E-state index contributed by atoms with van der Waals surface area (Å²) in [7, 11) is 0. The maximum Gasteiger partial charge on any atom is 0.00914 e. The van der Waals surface area contributed by atoms with Crippen LogP contribution in [0.25, 0.3) is 0 Å². The van der Waals surface area contributed by atoms with Crippen LogP contribution in [-0.4, -0.2) is 37.1 Å². The molecule has 2 heteroatoms. The second-order valence-corrected chi connectivity index (χ2v) is 5.61. The molecule has 1 saturated heterocycles. The summed E-state index contributed by atoms with van der Waals surface area (Å²) in [4.78, 5) is 2.63. The van der Waals surface area contributed by atoms with Gasteiger partial charge in [0.1, 0.15) is 0 Å². The van der Waals surface area contributed by atoms with Gasteiger partial charge in [0, 0.05) is 6.04 Å². The van der Waals surface area contributed by atoms with E-state index in [2.05, 4.69) is 31.0 Å². The smallest absolute Gasteiger partial charge is 0.00914 e. The zero-order valence-corrected chi connectivity index (χ0v) is 11.5. The summed E-state index contributed by atoms with van der Waals surface area (Å²) in [6, 6.07) is 0.789. The van der Waals surface area contributed by atoms with Gasteiger partial charge in [-0.05, 0) is 57.8 Å². The average Bonchev–Trinajstić information content (AvgIpc) is 2.27. The van der Waals surface area contributed by atoms with Crippen LogP contribution in [0, 0.1) is 5.92 Å². The van der Waals surface area contributed by atoms with Gasteiger partial charge in [0.25, 0.3) is 0 Å². The molecule has 1 heterocycles. The van der Waals surface area contributed by atoms with Gasteiger partial charge in [-0.25, -0.2) is 0 Å². The summed E-state index contributed by atoms with van der Waals surface area (Å²) in [5.41, 5.74) is 0. The first kappa shape index (κ1) is 14.0. The highest BCUT2D eigenvalue weighted by Crippen LogP contribution is 2.11. The van der Waals surface area contributed by atoms with Crippen LogP contribution in [0.15, 0.2) is 0 Å². The minimum Gasteiger partial charge on any atom is -0.314 e. The number of nitrogens with zero attached hydrogens (tertiary/aromatic N) is 1. The Kier molecular flexibility index (Phi) is 7.06. The Morgan fingerprint density at radius 3 is 2.50 bits per heavy atom. The second kappa shape index (κ2) is 8.08. The van der Waals surface area contributed by atoms with Crippen LogP contribution in [0.3, 0.4) is 0 Å². The maximum absolute atomic E-state index is 3.70. The van der Waals surface area contributed by atoms with Gasteiger partial charge in [0.2, 0.25) is 0 Å². The summed E-state index contributed by atoms with van der Waals surface area (Å²) < 4.78 is 0. The number of rotatable bonds is 7. The Labute approximate surface area is 102 Å². The minimum absolute atomic E-state index is 0.789. The van der Waals surface area contributed by atoms with Gasteiger partial charge in [0.15, 0.2) is 0 Å². The molecular weight excluding hydrogens is 196 g/mol. The van der Waals surface area contributed by atoms with Crippen molar-refractivity contribution in [3.8, 4) is 0 Å². The normalized spacial score (nSPS) is 19.5. The van der Waals surface area contributed by atoms with E-state index in [9.17, 15) is 0 Å². The number of unbranched alkanes of at least 4 members (excludes halogenated alkanes) is 1. The van der Waals surface area contributed by atoms with E-state index in [-0.39, 0.29) is 0 Å². The molecule has 0 amide bonds. The lowest BCUT2D eigenvalue weighted by Crippen LogP contribution is -2.43. The van der Waals surface area contributed by atoms with E-state index < -0.39 is 0 Å². The molecule has 0 aromatic heterocycles. The van der Waals surface area contributed by atoms with Crippen molar-refractivity contribution in [2.24, 2.45) is 5.92 Å². The lowest BCUT2D eigenvalue weighted by molar-refractivity contribution is 0.195. The van der Waals surface area contributed by atoms with E-state index in [1.165, 1.54) is 58.3 Å². The quantitative estimate of drug-likeness (QED) is 0.718. The predicted molar refractivity (Wildman–Crippen MR) is 71.8 cm³/mol. The highest BCUT2D eigenvalue weighted by atomic mass is 15.1. The van der Waals surface area contributed by atoms with E-state index >= 15 is 0 Å². The Morgan fingerprint density at radius 1 is 1.25 bits per heavy atom. The van der Waals surface area contributed by atoms with Gasteiger partial charge >= 0.3 is 0 Å². The molecule has 2 nitrogen and oxygen atoms in total. The van der Waals surface area contributed by atoms with Crippen LogP contribution in [0.1, 0.15) is 52.9 Å². The number of hydrogen-bond donors (Lipinski definition) is 1. The molecule has 16 heavy (non-hydrogen) atoms. The molecule has 0 spiro atoms. The first-order chi connectivity index (χ1) is 7.72. The molecule has 0 bridgehead atoms. The summed E-state index contributed by atoms with van der Waals surface area (Å²) in [5, 5.41) is 3.70. The van der Waals surface area contributed by atoms with E-state index in [0.29, 0.717) is 0 Å². The Hall–Kier alpha value is -0.0800. The molecule has 0 aromatic carbocycles. The van der Waals surface area contributed by atoms with Crippen molar-refractivity contribution in [2.45, 2.75) is 58.9 Å². The molecule has 0 aliphatic carbocycles. The Balaban J connectivity index is 2.03. The fourth-order valence-corrected chi connectivity index (χ4v) is 2.32. The summed E-state index contributed by atoms with van der Waals surface area (Å²) in [6.07, 6.45) is 6.71. The van der Waals surface area contributed by atoms with Gasteiger partial charge in [0.05, 0.1) is 0 Å². The highest BCUT2D eigenvalue weighted by Gasteiger charge is 2.17. The van der Waals surface area contributed by atoms with Gasteiger partial charge in [-0.15, -0.1) is 0 Å². The average molecular weight is 226 g/mol. The minimum atomic E-state index is 0.789. The molecule has 0 saturated carbocycles. The van der Waals surface area contributed by atoms with E-state index in [1.54, 1.807) is 0 Å². The molecule has 0 aromatic rings. The SMILES string of the molecule is CCCCN1CCC(NCCC(C)C)CC1. The van der Waals surface area contributed by atoms with E-state index in [0.717, 1.165) is 12.0 Å². The number of nitrogens with one attached hydrogen (secondary N) is 1. The molecular formula is C14H30N2. The zero-order valence-electron chi connectivity index (χ0n) is 11.5. The van der Waals surface area contributed by atoms with Crippen molar-refractivity contribution >= 4 is 0 Å². The van der Waals surface area contributed by atoms with Gasteiger partial charge < -0.3 is 10.2 Å². The maximum atomic E-state index is 3.70. The Bertz CT molecular complexity index is 160. The second-order valence-electron chi connectivity index (χ2n) is 5.61. The lowest BCUT2D eigenvalue weighted by atomic mass is 10.0. The van der Waals surface area contributed by atoms with Crippen LogP contribution in [-0.2, 0) is 0 Å². The van der Waals surface area contributed by atoms with Crippen LogP contribution < -0.4 is 5.32 Å². The van der Waals surface area contributed by atoms with E-state index in [4.69, 9.17) is 0 Å². The highest BCUT2D eigenvalue weighted by molar-refractivity contribution is 4.77. The van der Waals surface area contributed by atoms with Gasteiger partial charge in [-0.2, -0.15) is 0 Å². The van der Waals surface area contributed by atoms with Crippen molar-refractivity contribution in [1.82, 2.24) is 10.2 Å².